The number of alkyl halides is 3. The maximum Gasteiger partial charge on any atom is 0.433 e. The second-order valence-electron chi connectivity index (χ2n) is 3.60. The van der Waals surface area contributed by atoms with Crippen molar-refractivity contribution in [2.24, 2.45) is 4.99 Å². The Morgan fingerprint density at radius 3 is 2.28 bits per heavy atom. The molecule has 1 aromatic rings. The molecule has 18 heavy (non-hydrogen) atoms. The van der Waals surface area contributed by atoms with Crippen LogP contribution in [-0.4, -0.2) is 29.0 Å². The van der Waals surface area contributed by atoms with Crippen molar-refractivity contribution < 1.29 is 23.1 Å². The summed E-state index contributed by atoms with van der Waals surface area (Å²) < 4.78 is 38.5. The molecule has 0 heterocycles. The molecule has 0 fully saturated rings. The molecule has 0 saturated carbocycles. The van der Waals surface area contributed by atoms with E-state index >= 15 is 0 Å². The van der Waals surface area contributed by atoms with Gasteiger partial charge < -0.3 is 5.11 Å². The Kier molecular flexibility index (Phi) is 4.47. The Balaban J connectivity index is 3.23. The van der Waals surface area contributed by atoms with E-state index in [1.54, 1.807) is 6.07 Å². The van der Waals surface area contributed by atoms with Crippen molar-refractivity contribution in [3.05, 3.63) is 35.9 Å². The number of halogens is 3. The third-order valence-corrected chi connectivity index (χ3v) is 2.27. The Hall–Kier alpha value is -1.85. The third kappa shape index (κ3) is 3.58. The molecule has 1 rings (SSSR count). The van der Waals surface area contributed by atoms with E-state index in [0.717, 1.165) is 0 Å². The fourth-order valence-electron chi connectivity index (χ4n) is 1.38. The van der Waals surface area contributed by atoms with E-state index in [-0.39, 0.29) is 12.0 Å². The number of nitrogens with zero attached hydrogens (tertiary/aromatic N) is 1. The van der Waals surface area contributed by atoms with Gasteiger partial charge in [-0.3, -0.25) is 4.99 Å². The second kappa shape index (κ2) is 5.66. The molecule has 0 unspecified atom stereocenters. The molecule has 0 aliphatic rings. The van der Waals surface area contributed by atoms with E-state index < -0.39 is 23.9 Å². The molecule has 0 bridgehead atoms. The fourth-order valence-corrected chi connectivity index (χ4v) is 1.38. The first-order chi connectivity index (χ1) is 8.36. The minimum absolute atomic E-state index is 0.00173. The Labute approximate surface area is 102 Å². The van der Waals surface area contributed by atoms with E-state index in [4.69, 9.17) is 5.11 Å². The summed E-state index contributed by atoms with van der Waals surface area (Å²) >= 11 is 0. The lowest BCUT2D eigenvalue weighted by atomic mass is 10.1. The number of carboxylic acid groups (broad SMARTS) is 1. The summed E-state index contributed by atoms with van der Waals surface area (Å²) in [6.45, 7) is 1.47. The van der Waals surface area contributed by atoms with Gasteiger partial charge in [0.25, 0.3) is 0 Å². The number of hydrogen-bond donors (Lipinski definition) is 1. The van der Waals surface area contributed by atoms with Gasteiger partial charge in [0.15, 0.2) is 0 Å². The Bertz CT molecular complexity index is 440. The number of aliphatic carboxylic acids is 1. The first kappa shape index (κ1) is 14.2. The van der Waals surface area contributed by atoms with Crippen molar-refractivity contribution in [2.45, 2.75) is 25.6 Å². The number of benzene rings is 1. The standard InChI is InChI=1S/C12H12F3NO2/c1-2-9(11(17)18)16-10(12(13,14)15)8-6-4-3-5-7-8/h3-7,9H,2H2,1H3,(H,17,18)/t9-/m0/s1. The molecule has 1 aromatic carbocycles. The van der Waals surface area contributed by atoms with Gasteiger partial charge >= 0.3 is 12.1 Å². The highest BCUT2D eigenvalue weighted by atomic mass is 19.4. The summed E-state index contributed by atoms with van der Waals surface area (Å²) in [5.41, 5.74) is -1.29. The van der Waals surface area contributed by atoms with E-state index in [1.165, 1.54) is 31.2 Å². The zero-order chi connectivity index (χ0) is 13.8. The SMILES string of the molecule is CC[C@H](N=C(c1ccccc1)C(F)(F)F)C(=O)O. The second-order valence-corrected chi connectivity index (χ2v) is 3.60. The molecule has 1 N–H and O–H groups in total. The minimum Gasteiger partial charge on any atom is -0.480 e. The largest absolute Gasteiger partial charge is 0.480 e. The molecule has 0 aliphatic carbocycles. The van der Waals surface area contributed by atoms with Gasteiger partial charge in [-0.05, 0) is 6.42 Å². The van der Waals surface area contributed by atoms with Crippen molar-refractivity contribution in [3.8, 4) is 0 Å². The fraction of sp³-hybridized carbons (Fsp3) is 0.333. The topological polar surface area (TPSA) is 49.7 Å². The molecule has 0 amide bonds. The smallest absolute Gasteiger partial charge is 0.433 e. The maximum absolute atomic E-state index is 12.8. The summed E-state index contributed by atoms with van der Waals surface area (Å²) in [7, 11) is 0. The first-order valence-electron chi connectivity index (χ1n) is 5.29. The Morgan fingerprint density at radius 2 is 1.89 bits per heavy atom. The van der Waals surface area contributed by atoms with Crippen LogP contribution in [0.2, 0.25) is 0 Å². The average molecular weight is 259 g/mol. The molecule has 0 aromatic heterocycles. The molecule has 6 heteroatoms. The predicted octanol–water partition coefficient (Wildman–Crippen LogP) is 2.90. The van der Waals surface area contributed by atoms with Crippen molar-refractivity contribution in [2.75, 3.05) is 0 Å². The van der Waals surface area contributed by atoms with Gasteiger partial charge in [0.2, 0.25) is 0 Å². The maximum atomic E-state index is 12.8. The summed E-state index contributed by atoms with van der Waals surface area (Å²) in [5, 5.41) is 8.76. The van der Waals surface area contributed by atoms with Gasteiger partial charge in [0.05, 0.1) is 0 Å². The van der Waals surface area contributed by atoms with Crippen molar-refractivity contribution in [1.82, 2.24) is 0 Å². The van der Waals surface area contributed by atoms with Crippen LogP contribution in [0.5, 0.6) is 0 Å². The highest BCUT2D eigenvalue weighted by molar-refractivity contribution is 6.05. The summed E-state index contributed by atoms with van der Waals surface area (Å²) in [4.78, 5) is 14.1. The van der Waals surface area contributed by atoms with Crippen LogP contribution in [0.1, 0.15) is 18.9 Å². The van der Waals surface area contributed by atoms with Crippen LogP contribution in [0, 0.1) is 0 Å². The van der Waals surface area contributed by atoms with E-state index in [0.29, 0.717) is 0 Å². The van der Waals surface area contributed by atoms with Crippen LogP contribution in [-0.2, 0) is 4.79 Å². The molecule has 0 spiro atoms. The van der Waals surface area contributed by atoms with Crippen LogP contribution < -0.4 is 0 Å². The van der Waals surface area contributed by atoms with Crippen molar-refractivity contribution >= 4 is 11.7 Å². The average Bonchev–Trinajstić information content (AvgIpc) is 2.29. The van der Waals surface area contributed by atoms with Crippen molar-refractivity contribution in [1.29, 1.82) is 0 Å². The molecule has 1 atom stereocenters. The summed E-state index contributed by atoms with van der Waals surface area (Å²) in [6.07, 6.45) is -4.67. The van der Waals surface area contributed by atoms with Crippen LogP contribution in [0.4, 0.5) is 13.2 Å². The molecule has 98 valence electrons. The lowest BCUT2D eigenvalue weighted by molar-refractivity contribution is -0.138. The zero-order valence-electron chi connectivity index (χ0n) is 9.61. The highest BCUT2D eigenvalue weighted by Gasteiger charge is 2.37. The van der Waals surface area contributed by atoms with Crippen LogP contribution in [0.15, 0.2) is 35.3 Å². The van der Waals surface area contributed by atoms with Gasteiger partial charge in [-0.25, -0.2) is 4.79 Å². The third-order valence-electron chi connectivity index (χ3n) is 2.27. The zero-order valence-corrected chi connectivity index (χ0v) is 9.61. The molecule has 3 nitrogen and oxygen atoms in total. The van der Waals surface area contributed by atoms with Crippen molar-refractivity contribution in [3.63, 3.8) is 0 Å². The van der Waals surface area contributed by atoms with Gasteiger partial charge in [-0.2, -0.15) is 13.2 Å². The quantitative estimate of drug-likeness (QED) is 0.845. The van der Waals surface area contributed by atoms with Gasteiger partial charge in [0.1, 0.15) is 11.8 Å². The molecule has 0 aliphatic heterocycles. The van der Waals surface area contributed by atoms with Crippen LogP contribution in [0.3, 0.4) is 0 Å². The normalized spacial score (nSPS) is 14.3. The lowest BCUT2D eigenvalue weighted by Gasteiger charge is -2.13. The van der Waals surface area contributed by atoms with Crippen LogP contribution >= 0.6 is 0 Å². The predicted molar refractivity (Wildman–Crippen MR) is 60.7 cm³/mol. The highest BCUT2D eigenvalue weighted by Crippen LogP contribution is 2.23. The number of aliphatic imine (C=N–C) groups is 1. The minimum atomic E-state index is -4.68. The van der Waals surface area contributed by atoms with Gasteiger partial charge in [-0.15, -0.1) is 0 Å². The molecule has 0 saturated heterocycles. The lowest BCUT2D eigenvalue weighted by Crippen LogP contribution is -2.28. The molecular formula is C12H12F3NO2. The number of hydrogen-bond acceptors (Lipinski definition) is 2. The van der Waals surface area contributed by atoms with E-state index in [1.807, 2.05) is 0 Å². The van der Waals surface area contributed by atoms with E-state index in [9.17, 15) is 18.0 Å². The number of carbonyl (C=O) groups is 1. The molecular weight excluding hydrogens is 247 g/mol. The number of rotatable bonds is 4. The Morgan fingerprint density at radius 1 is 1.33 bits per heavy atom. The summed E-state index contributed by atoms with van der Waals surface area (Å²) in [6, 6.07) is 5.58. The number of carboxylic acids is 1. The summed E-state index contributed by atoms with van der Waals surface area (Å²) in [5.74, 6) is -1.37. The monoisotopic (exact) mass is 259 g/mol. The van der Waals surface area contributed by atoms with E-state index in [2.05, 4.69) is 4.99 Å². The van der Waals surface area contributed by atoms with Gasteiger partial charge in [0, 0.05) is 5.56 Å². The van der Waals surface area contributed by atoms with Gasteiger partial charge in [-0.1, -0.05) is 37.3 Å². The van der Waals surface area contributed by atoms with Crippen LogP contribution in [0.25, 0.3) is 0 Å². The first-order valence-corrected chi connectivity index (χ1v) is 5.29. The molecule has 0 radical (unpaired) electrons.